The van der Waals surface area contributed by atoms with Crippen LogP contribution in [0, 0.1) is 0 Å². The van der Waals surface area contributed by atoms with Crippen molar-refractivity contribution in [2.24, 2.45) is 0 Å². The first-order chi connectivity index (χ1) is 5.81. The normalized spacial score (nSPS) is 35.2. The highest BCUT2D eigenvalue weighted by Crippen LogP contribution is 2.26. The Morgan fingerprint density at radius 3 is 2.67 bits per heavy atom. The number of rotatable bonds is 0. The molecule has 0 aromatic carbocycles. The van der Waals surface area contributed by atoms with Gasteiger partial charge in [-0.05, 0) is 6.92 Å². The zero-order chi connectivity index (χ0) is 8.44. The highest BCUT2D eigenvalue weighted by Gasteiger charge is 2.36. The number of ether oxygens (including phenoxy) is 2. The van der Waals surface area contributed by atoms with Gasteiger partial charge in [0, 0.05) is 38.6 Å². The molecule has 3 nitrogen and oxygen atoms in total. The maximum absolute atomic E-state index is 5.88. The van der Waals surface area contributed by atoms with Crippen molar-refractivity contribution in [2.45, 2.75) is 31.4 Å². The van der Waals surface area contributed by atoms with Crippen LogP contribution in [0.5, 0.6) is 0 Å². The summed E-state index contributed by atoms with van der Waals surface area (Å²) in [7, 11) is 0. The van der Waals surface area contributed by atoms with Crippen LogP contribution in [-0.4, -0.2) is 38.0 Å². The van der Waals surface area contributed by atoms with E-state index in [0.717, 1.165) is 39.2 Å². The molecule has 12 heavy (non-hydrogen) atoms. The molecule has 2 aliphatic heterocycles. The van der Waals surface area contributed by atoms with Gasteiger partial charge in [-0.15, -0.1) is 0 Å². The number of hydrogen-bond donors (Lipinski definition) is 1. The van der Waals surface area contributed by atoms with Crippen molar-refractivity contribution in [3.63, 3.8) is 0 Å². The highest BCUT2D eigenvalue weighted by molar-refractivity contribution is 4.90. The van der Waals surface area contributed by atoms with E-state index in [1.54, 1.807) is 0 Å². The van der Waals surface area contributed by atoms with Gasteiger partial charge in [-0.3, -0.25) is 0 Å². The van der Waals surface area contributed by atoms with Gasteiger partial charge in [0.1, 0.15) is 0 Å². The lowest BCUT2D eigenvalue weighted by molar-refractivity contribution is -0.133. The van der Waals surface area contributed by atoms with Crippen LogP contribution >= 0.6 is 0 Å². The van der Waals surface area contributed by atoms with E-state index < -0.39 is 0 Å². The SMILES string of the molecule is CC1COC2(CCOCC2)CN1. The molecule has 0 aromatic rings. The van der Waals surface area contributed by atoms with Crippen molar-refractivity contribution in [3.8, 4) is 0 Å². The molecule has 0 amide bonds. The van der Waals surface area contributed by atoms with Crippen molar-refractivity contribution in [1.29, 1.82) is 0 Å². The Kier molecular flexibility index (Phi) is 2.35. The van der Waals surface area contributed by atoms with Crippen LogP contribution in [0.2, 0.25) is 0 Å². The molecule has 2 heterocycles. The lowest BCUT2D eigenvalue weighted by atomic mass is 9.92. The van der Waals surface area contributed by atoms with Crippen LogP contribution in [0.15, 0.2) is 0 Å². The van der Waals surface area contributed by atoms with Gasteiger partial charge >= 0.3 is 0 Å². The Balaban J connectivity index is 1.92. The standard InChI is InChI=1S/C9H17NO2/c1-8-6-12-9(7-10-8)2-4-11-5-3-9/h8,10H,2-7H2,1H3. The largest absolute Gasteiger partial charge is 0.381 e. The lowest BCUT2D eigenvalue weighted by Crippen LogP contribution is -2.55. The average molecular weight is 171 g/mol. The van der Waals surface area contributed by atoms with E-state index >= 15 is 0 Å². The van der Waals surface area contributed by atoms with Crippen LogP contribution in [0.4, 0.5) is 0 Å². The predicted molar refractivity (Wildman–Crippen MR) is 46.2 cm³/mol. The summed E-state index contributed by atoms with van der Waals surface area (Å²) in [4.78, 5) is 0. The van der Waals surface area contributed by atoms with Gasteiger partial charge in [-0.25, -0.2) is 0 Å². The van der Waals surface area contributed by atoms with Gasteiger partial charge in [-0.2, -0.15) is 0 Å². The summed E-state index contributed by atoms with van der Waals surface area (Å²) < 4.78 is 11.2. The number of hydrogen-bond acceptors (Lipinski definition) is 3. The van der Waals surface area contributed by atoms with E-state index in [4.69, 9.17) is 9.47 Å². The molecule has 0 bridgehead atoms. The molecule has 0 radical (unpaired) electrons. The second kappa shape index (κ2) is 3.32. The fourth-order valence-corrected chi connectivity index (χ4v) is 1.84. The molecule has 3 heteroatoms. The monoisotopic (exact) mass is 171 g/mol. The summed E-state index contributed by atoms with van der Waals surface area (Å²) in [6.07, 6.45) is 2.10. The minimum Gasteiger partial charge on any atom is -0.381 e. The molecule has 2 rings (SSSR count). The van der Waals surface area contributed by atoms with Crippen LogP contribution in [-0.2, 0) is 9.47 Å². The van der Waals surface area contributed by atoms with Crippen LogP contribution < -0.4 is 5.32 Å². The van der Waals surface area contributed by atoms with Crippen molar-refractivity contribution < 1.29 is 9.47 Å². The van der Waals surface area contributed by atoms with Crippen LogP contribution in [0.1, 0.15) is 19.8 Å². The molecule has 2 saturated heterocycles. The third-order valence-electron chi connectivity index (χ3n) is 2.82. The fraction of sp³-hybridized carbons (Fsp3) is 1.00. The van der Waals surface area contributed by atoms with E-state index in [2.05, 4.69) is 12.2 Å². The Labute approximate surface area is 73.4 Å². The molecule has 70 valence electrons. The van der Waals surface area contributed by atoms with Crippen LogP contribution in [0.25, 0.3) is 0 Å². The highest BCUT2D eigenvalue weighted by atomic mass is 16.5. The van der Waals surface area contributed by atoms with Gasteiger partial charge in [-0.1, -0.05) is 0 Å². The zero-order valence-corrected chi connectivity index (χ0v) is 7.64. The van der Waals surface area contributed by atoms with E-state index in [1.165, 1.54) is 0 Å². The van der Waals surface area contributed by atoms with Crippen LogP contribution in [0.3, 0.4) is 0 Å². The smallest absolute Gasteiger partial charge is 0.0850 e. The number of morpholine rings is 1. The molecule has 0 aliphatic carbocycles. The molecule has 0 aromatic heterocycles. The van der Waals surface area contributed by atoms with Gasteiger partial charge in [0.15, 0.2) is 0 Å². The van der Waals surface area contributed by atoms with Gasteiger partial charge in [0.2, 0.25) is 0 Å². The Morgan fingerprint density at radius 1 is 1.33 bits per heavy atom. The maximum atomic E-state index is 5.88. The summed E-state index contributed by atoms with van der Waals surface area (Å²) >= 11 is 0. The maximum Gasteiger partial charge on any atom is 0.0850 e. The number of nitrogens with one attached hydrogen (secondary N) is 1. The summed E-state index contributed by atoms with van der Waals surface area (Å²) in [5.41, 5.74) is 0.102. The first kappa shape index (κ1) is 8.48. The average Bonchev–Trinajstić information content (AvgIpc) is 2.13. The van der Waals surface area contributed by atoms with Gasteiger partial charge in [0.05, 0.1) is 12.2 Å². The zero-order valence-electron chi connectivity index (χ0n) is 7.64. The van der Waals surface area contributed by atoms with E-state index in [-0.39, 0.29) is 5.60 Å². The first-order valence-corrected chi connectivity index (χ1v) is 4.76. The summed E-state index contributed by atoms with van der Waals surface area (Å²) in [5.74, 6) is 0. The third-order valence-corrected chi connectivity index (χ3v) is 2.82. The van der Waals surface area contributed by atoms with Crippen molar-refractivity contribution in [1.82, 2.24) is 5.32 Å². The quantitative estimate of drug-likeness (QED) is 0.577. The minimum atomic E-state index is 0.102. The van der Waals surface area contributed by atoms with Gasteiger partial charge in [0.25, 0.3) is 0 Å². The molecule has 2 fully saturated rings. The third kappa shape index (κ3) is 1.63. The summed E-state index contributed by atoms with van der Waals surface area (Å²) in [5, 5.41) is 3.46. The van der Waals surface area contributed by atoms with E-state index in [1.807, 2.05) is 0 Å². The second-order valence-corrected chi connectivity index (χ2v) is 3.89. The summed E-state index contributed by atoms with van der Waals surface area (Å²) in [6, 6.07) is 0.512. The molecule has 2 aliphatic rings. The molecule has 0 saturated carbocycles. The molecular formula is C9H17NO2. The lowest BCUT2D eigenvalue weighted by Gasteiger charge is -2.42. The van der Waals surface area contributed by atoms with E-state index in [0.29, 0.717) is 6.04 Å². The Hall–Kier alpha value is -0.120. The Bertz CT molecular complexity index is 145. The van der Waals surface area contributed by atoms with Crippen molar-refractivity contribution in [3.05, 3.63) is 0 Å². The fourth-order valence-electron chi connectivity index (χ4n) is 1.84. The Morgan fingerprint density at radius 2 is 2.08 bits per heavy atom. The minimum absolute atomic E-state index is 0.102. The summed E-state index contributed by atoms with van der Waals surface area (Å²) in [6.45, 7) is 5.72. The molecule has 1 N–H and O–H groups in total. The van der Waals surface area contributed by atoms with E-state index in [9.17, 15) is 0 Å². The molecule has 1 atom stereocenters. The van der Waals surface area contributed by atoms with Crippen molar-refractivity contribution >= 4 is 0 Å². The second-order valence-electron chi connectivity index (χ2n) is 3.89. The topological polar surface area (TPSA) is 30.5 Å². The predicted octanol–water partition coefficient (Wildman–Crippen LogP) is 0.544. The molecule has 1 spiro atoms. The first-order valence-electron chi connectivity index (χ1n) is 4.76. The molecule has 1 unspecified atom stereocenters. The van der Waals surface area contributed by atoms with Gasteiger partial charge < -0.3 is 14.8 Å². The van der Waals surface area contributed by atoms with Crippen molar-refractivity contribution in [2.75, 3.05) is 26.4 Å². The molecular weight excluding hydrogens is 154 g/mol.